The predicted octanol–water partition coefficient (Wildman–Crippen LogP) is 2.86. The molecule has 0 atom stereocenters. The molecule has 86 valence electrons. The fourth-order valence-corrected chi connectivity index (χ4v) is 1.38. The molecular formula is C10H23NO3. The summed E-state index contributed by atoms with van der Waals surface area (Å²) in [5.41, 5.74) is -0.352. The standard InChI is InChI=1S/C10H20O3.H3N/c1-5-10(6-2,7-3)9(11)13-12-8-4;/h5-8H2,1-4H3;1H3. The SMILES string of the molecule is CCOOC(=O)C(CC)(CC)CC.N. The van der Waals surface area contributed by atoms with Gasteiger partial charge in [0.15, 0.2) is 0 Å². The summed E-state index contributed by atoms with van der Waals surface area (Å²) in [5.74, 6) is -0.234. The maximum absolute atomic E-state index is 11.6. The van der Waals surface area contributed by atoms with Crippen LogP contribution in [0, 0.1) is 5.41 Å². The van der Waals surface area contributed by atoms with E-state index in [-0.39, 0.29) is 17.5 Å². The molecule has 0 aliphatic carbocycles. The van der Waals surface area contributed by atoms with Gasteiger partial charge >= 0.3 is 5.97 Å². The molecule has 0 fully saturated rings. The molecule has 0 spiro atoms. The Bertz CT molecular complexity index is 147. The van der Waals surface area contributed by atoms with Crippen molar-refractivity contribution in [3.63, 3.8) is 0 Å². The Morgan fingerprint density at radius 3 is 1.79 bits per heavy atom. The number of carbonyl (C=O) groups excluding carboxylic acids is 1. The maximum atomic E-state index is 11.6. The van der Waals surface area contributed by atoms with Gasteiger partial charge in [0.1, 0.15) is 0 Å². The monoisotopic (exact) mass is 205 g/mol. The van der Waals surface area contributed by atoms with Gasteiger partial charge in [-0.1, -0.05) is 20.8 Å². The first-order valence-corrected chi connectivity index (χ1v) is 5.00. The molecule has 0 amide bonds. The molecule has 0 aromatic heterocycles. The normalized spacial score (nSPS) is 10.6. The van der Waals surface area contributed by atoms with Gasteiger partial charge in [-0.15, -0.1) is 0 Å². The van der Waals surface area contributed by atoms with Crippen LogP contribution in [0.4, 0.5) is 0 Å². The second-order valence-electron chi connectivity index (χ2n) is 3.12. The Hall–Kier alpha value is -0.610. The van der Waals surface area contributed by atoms with Crippen molar-refractivity contribution in [1.29, 1.82) is 0 Å². The first-order valence-electron chi connectivity index (χ1n) is 5.00. The van der Waals surface area contributed by atoms with Gasteiger partial charge in [0.25, 0.3) is 0 Å². The van der Waals surface area contributed by atoms with Crippen molar-refractivity contribution in [2.45, 2.75) is 47.0 Å². The highest BCUT2D eigenvalue weighted by Crippen LogP contribution is 2.31. The van der Waals surface area contributed by atoms with Crippen LogP contribution < -0.4 is 6.15 Å². The predicted molar refractivity (Wildman–Crippen MR) is 56.0 cm³/mol. The molecule has 14 heavy (non-hydrogen) atoms. The minimum Gasteiger partial charge on any atom is -0.344 e. The molecule has 0 rings (SSSR count). The van der Waals surface area contributed by atoms with Crippen molar-refractivity contribution in [3.8, 4) is 0 Å². The van der Waals surface area contributed by atoms with E-state index in [0.29, 0.717) is 6.61 Å². The van der Waals surface area contributed by atoms with Gasteiger partial charge < -0.3 is 6.15 Å². The molecule has 0 radical (unpaired) electrons. The zero-order valence-corrected chi connectivity index (χ0v) is 9.76. The van der Waals surface area contributed by atoms with Crippen molar-refractivity contribution in [2.75, 3.05) is 6.61 Å². The van der Waals surface area contributed by atoms with Crippen LogP contribution in [0.5, 0.6) is 0 Å². The summed E-state index contributed by atoms with van der Waals surface area (Å²) in [6.07, 6.45) is 2.39. The van der Waals surface area contributed by atoms with Crippen LogP contribution in [0.2, 0.25) is 0 Å². The van der Waals surface area contributed by atoms with E-state index in [9.17, 15) is 4.79 Å². The van der Waals surface area contributed by atoms with Gasteiger partial charge in [0, 0.05) is 0 Å². The Balaban J connectivity index is 0. The highest BCUT2D eigenvalue weighted by molar-refractivity contribution is 5.76. The average molecular weight is 205 g/mol. The molecule has 0 aromatic rings. The van der Waals surface area contributed by atoms with Crippen LogP contribution in [0.25, 0.3) is 0 Å². The highest BCUT2D eigenvalue weighted by atomic mass is 17.2. The molecule has 0 saturated heterocycles. The van der Waals surface area contributed by atoms with Crippen molar-refractivity contribution >= 4 is 5.97 Å². The Labute approximate surface area is 86.5 Å². The molecule has 0 unspecified atom stereocenters. The fraction of sp³-hybridized carbons (Fsp3) is 0.900. The van der Waals surface area contributed by atoms with Crippen LogP contribution in [0.1, 0.15) is 47.0 Å². The maximum Gasteiger partial charge on any atom is 0.348 e. The highest BCUT2D eigenvalue weighted by Gasteiger charge is 2.35. The lowest BCUT2D eigenvalue weighted by molar-refractivity contribution is -0.279. The fourth-order valence-electron chi connectivity index (χ4n) is 1.38. The molecule has 0 heterocycles. The van der Waals surface area contributed by atoms with E-state index in [2.05, 4.69) is 4.89 Å². The van der Waals surface area contributed by atoms with E-state index in [1.54, 1.807) is 6.92 Å². The van der Waals surface area contributed by atoms with Crippen LogP contribution in [0.15, 0.2) is 0 Å². The molecular weight excluding hydrogens is 182 g/mol. The Morgan fingerprint density at radius 2 is 1.50 bits per heavy atom. The van der Waals surface area contributed by atoms with Gasteiger partial charge in [-0.2, -0.15) is 4.89 Å². The summed E-state index contributed by atoms with van der Waals surface area (Å²) in [7, 11) is 0. The third kappa shape index (κ3) is 3.64. The first-order chi connectivity index (χ1) is 6.16. The molecule has 4 nitrogen and oxygen atoms in total. The van der Waals surface area contributed by atoms with Gasteiger partial charge in [0.2, 0.25) is 0 Å². The van der Waals surface area contributed by atoms with Crippen molar-refractivity contribution in [3.05, 3.63) is 0 Å². The lowest BCUT2D eigenvalue weighted by Gasteiger charge is -2.26. The lowest BCUT2D eigenvalue weighted by atomic mass is 9.80. The minimum atomic E-state index is -0.352. The molecule has 0 aliphatic rings. The Kier molecular flexibility index (Phi) is 8.79. The molecule has 4 heteroatoms. The van der Waals surface area contributed by atoms with E-state index in [4.69, 9.17) is 4.89 Å². The molecule has 3 N–H and O–H groups in total. The van der Waals surface area contributed by atoms with Gasteiger partial charge in [-0.25, -0.2) is 4.79 Å². The zero-order chi connectivity index (χ0) is 10.3. The summed E-state index contributed by atoms with van der Waals surface area (Å²) < 4.78 is 0. The van der Waals surface area contributed by atoms with E-state index in [1.165, 1.54) is 0 Å². The van der Waals surface area contributed by atoms with Gasteiger partial charge in [-0.05, 0) is 26.2 Å². The number of rotatable bonds is 6. The molecule has 0 aliphatic heterocycles. The van der Waals surface area contributed by atoms with Crippen LogP contribution in [-0.2, 0) is 14.6 Å². The third-order valence-electron chi connectivity index (χ3n) is 2.72. The largest absolute Gasteiger partial charge is 0.348 e. The van der Waals surface area contributed by atoms with E-state index in [1.807, 2.05) is 20.8 Å². The molecule has 0 bridgehead atoms. The lowest BCUT2D eigenvalue weighted by Crippen LogP contribution is -2.31. The Morgan fingerprint density at radius 1 is 1.07 bits per heavy atom. The first kappa shape index (κ1) is 15.8. The van der Waals surface area contributed by atoms with Crippen molar-refractivity contribution < 1.29 is 14.6 Å². The quantitative estimate of drug-likeness (QED) is 0.534. The summed E-state index contributed by atoms with van der Waals surface area (Å²) in [5, 5.41) is 0. The average Bonchev–Trinajstić information content (AvgIpc) is 2.18. The number of carbonyl (C=O) groups is 1. The smallest absolute Gasteiger partial charge is 0.344 e. The van der Waals surface area contributed by atoms with Crippen molar-refractivity contribution in [1.82, 2.24) is 6.15 Å². The van der Waals surface area contributed by atoms with Crippen LogP contribution in [0.3, 0.4) is 0 Å². The third-order valence-corrected chi connectivity index (χ3v) is 2.72. The second-order valence-corrected chi connectivity index (χ2v) is 3.12. The van der Waals surface area contributed by atoms with Gasteiger partial charge in [-0.3, -0.25) is 4.89 Å². The molecule has 0 saturated carbocycles. The van der Waals surface area contributed by atoms with Gasteiger partial charge in [0.05, 0.1) is 12.0 Å². The summed E-state index contributed by atoms with van der Waals surface area (Å²) in [6, 6.07) is 0. The summed E-state index contributed by atoms with van der Waals surface area (Å²) in [4.78, 5) is 20.9. The van der Waals surface area contributed by atoms with Crippen molar-refractivity contribution in [2.24, 2.45) is 5.41 Å². The number of hydrogen-bond donors (Lipinski definition) is 1. The summed E-state index contributed by atoms with van der Waals surface area (Å²) >= 11 is 0. The zero-order valence-electron chi connectivity index (χ0n) is 9.76. The van der Waals surface area contributed by atoms with Crippen LogP contribution >= 0.6 is 0 Å². The number of hydrogen-bond acceptors (Lipinski definition) is 4. The minimum absolute atomic E-state index is 0. The molecule has 0 aromatic carbocycles. The van der Waals surface area contributed by atoms with E-state index >= 15 is 0 Å². The van der Waals surface area contributed by atoms with E-state index in [0.717, 1.165) is 19.3 Å². The topological polar surface area (TPSA) is 70.5 Å². The second kappa shape index (κ2) is 7.76. The summed E-state index contributed by atoms with van der Waals surface area (Å²) in [6.45, 7) is 8.19. The van der Waals surface area contributed by atoms with E-state index < -0.39 is 0 Å². The van der Waals surface area contributed by atoms with Crippen LogP contribution in [-0.4, -0.2) is 12.6 Å².